The van der Waals surface area contributed by atoms with E-state index in [1.54, 1.807) is 6.20 Å². The van der Waals surface area contributed by atoms with Gasteiger partial charge in [-0.05, 0) is 60.4 Å². The van der Waals surface area contributed by atoms with Crippen LogP contribution in [0.3, 0.4) is 0 Å². The van der Waals surface area contributed by atoms with Crippen LogP contribution in [0.25, 0.3) is 10.9 Å². The summed E-state index contributed by atoms with van der Waals surface area (Å²) < 4.78 is 16.3. The Bertz CT molecular complexity index is 1690. The minimum Gasteiger partial charge on any atom is -0.468 e. The molecule has 0 spiro atoms. The van der Waals surface area contributed by atoms with Gasteiger partial charge in [-0.15, -0.1) is 0 Å². The lowest BCUT2D eigenvalue weighted by molar-refractivity contribution is -0.149. The van der Waals surface area contributed by atoms with E-state index in [9.17, 15) is 9.59 Å². The van der Waals surface area contributed by atoms with Crippen LogP contribution in [-0.2, 0) is 14.3 Å². The average Bonchev–Trinajstić information content (AvgIpc) is 3.44. The lowest BCUT2D eigenvalue weighted by Gasteiger charge is -2.39. The highest BCUT2D eigenvalue weighted by Crippen LogP contribution is 2.52. The van der Waals surface area contributed by atoms with Gasteiger partial charge in [0.1, 0.15) is 5.92 Å². The summed E-state index contributed by atoms with van der Waals surface area (Å²) in [5.41, 5.74) is 7.16. The minimum atomic E-state index is -0.987. The molecule has 3 unspecified atom stereocenters. The monoisotopic (exact) mass is 518 g/mol. The number of methoxy groups -OCH3 is 1. The molecular formula is C32H26N2O5. The Morgan fingerprint density at radius 2 is 1.79 bits per heavy atom. The third kappa shape index (κ3) is 3.68. The third-order valence-corrected chi connectivity index (χ3v) is 8.08. The van der Waals surface area contributed by atoms with Gasteiger partial charge >= 0.3 is 5.97 Å². The molecule has 7 rings (SSSR count). The fourth-order valence-corrected chi connectivity index (χ4v) is 6.23. The lowest BCUT2D eigenvalue weighted by atomic mass is 9.66. The predicted molar refractivity (Wildman–Crippen MR) is 146 cm³/mol. The molecule has 3 heterocycles. The van der Waals surface area contributed by atoms with Crippen molar-refractivity contribution in [2.45, 2.75) is 25.2 Å². The summed E-state index contributed by atoms with van der Waals surface area (Å²) in [7, 11) is 1.33. The van der Waals surface area contributed by atoms with E-state index >= 15 is 0 Å². The number of nitrogens with one attached hydrogen (secondary N) is 1. The number of aryl methyl sites for hydroxylation is 1. The van der Waals surface area contributed by atoms with Crippen molar-refractivity contribution < 1.29 is 23.8 Å². The first-order valence-electron chi connectivity index (χ1n) is 13.0. The van der Waals surface area contributed by atoms with Crippen molar-refractivity contribution in [3.8, 4) is 11.5 Å². The summed E-state index contributed by atoms with van der Waals surface area (Å²) in [5.74, 6) is -1.27. The normalized spacial score (nSPS) is 21.3. The first kappa shape index (κ1) is 23.5. The van der Waals surface area contributed by atoms with E-state index in [-0.39, 0.29) is 18.5 Å². The molecule has 0 saturated heterocycles. The van der Waals surface area contributed by atoms with Gasteiger partial charge < -0.3 is 19.5 Å². The van der Waals surface area contributed by atoms with Gasteiger partial charge in [0.15, 0.2) is 17.3 Å². The van der Waals surface area contributed by atoms with Gasteiger partial charge in [0.05, 0.1) is 12.6 Å². The number of rotatable bonds is 3. The number of Topliss-reactive ketones (excluding diaryl/α,β-unsaturated/α-hetero) is 1. The Hall–Kier alpha value is -4.65. The Morgan fingerprint density at radius 3 is 2.62 bits per heavy atom. The van der Waals surface area contributed by atoms with Crippen LogP contribution >= 0.6 is 0 Å². The Labute approximate surface area is 225 Å². The standard InChI is InChI=1S/C32H26N2O5/c1-17-5-7-18(8-6-17)27-28-20-4-3-13-33-22(20)10-11-23(28)34-24-15-21(29(32(36)37-2)31(35)30(24)27)19-9-12-25-26(14-19)39-16-38-25/h3-14,21,27,29,34H,15-16H2,1-2H3. The van der Waals surface area contributed by atoms with E-state index in [1.165, 1.54) is 7.11 Å². The van der Waals surface area contributed by atoms with Gasteiger partial charge in [0.2, 0.25) is 6.79 Å². The zero-order chi connectivity index (χ0) is 26.7. The molecule has 7 heteroatoms. The number of anilines is 1. The van der Waals surface area contributed by atoms with E-state index in [0.717, 1.165) is 44.5 Å². The summed E-state index contributed by atoms with van der Waals surface area (Å²) in [6.45, 7) is 2.19. The molecule has 7 nitrogen and oxygen atoms in total. The van der Waals surface area contributed by atoms with Crippen molar-refractivity contribution in [2.75, 3.05) is 19.2 Å². The number of hydrogen-bond acceptors (Lipinski definition) is 7. The number of benzene rings is 3. The number of aromatic nitrogens is 1. The van der Waals surface area contributed by atoms with E-state index in [1.807, 2.05) is 49.4 Å². The number of pyridine rings is 1. The number of carbonyl (C=O) groups excluding carboxylic acids is 2. The Morgan fingerprint density at radius 1 is 1.00 bits per heavy atom. The van der Waals surface area contributed by atoms with Crippen LogP contribution in [0.15, 0.2) is 84.2 Å². The van der Waals surface area contributed by atoms with Gasteiger partial charge in [-0.1, -0.05) is 42.0 Å². The highest BCUT2D eigenvalue weighted by molar-refractivity contribution is 6.13. The Kier molecular flexibility index (Phi) is 5.40. The zero-order valence-electron chi connectivity index (χ0n) is 21.6. The van der Waals surface area contributed by atoms with Gasteiger partial charge in [-0.25, -0.2) is 0 Å². The van der Waals surface area contributed by atoms with Crippen LogP contribution in [0, 0.1) is 12.8 Å². The van der Waals surface area contributed by atoms with Crippen molar-refractivity contribution in [1.82, 2.24) is 4.98 Å². The molecule has 2 aliphatic heterocycles. The molecule has 1 aliphatic carbocycles. The number of ketones is 1. The molecule has 39 heavy (non-hydrogen) atoms. The molecule has 1 N–H and O–H groups in total. The smallest absolute Gasteiger partial charge is 0.317 e. The topological polar surface area (TPSA) is 86.8 Å². The lowest BCUT2D eigenvalue weighted by Crippen LogP contribution is -2.40. The molecule has 194 valence electrons. The highest BCUT2D eigenvalue weighted by Gasteiger charge is 2.48. The third-order valence-electron chi connectivity index (χ3n) is 8.08. The fraction of sp³-hybridized carbons (Fsp3) is 0.219. The largest absolute Gasteiger partial charge is 0.468 e. The van der Waals surface area contributed by atoms with Crippen LogP contribution in [0.5, 0.6) is 11.5 Å². The SMILES string of the molecule is COC(=O)C1C(=O)C2=C(CC1c1ccc3c(c1)OCO3)Nc1ccc3ncccc3c1C2c1ccc(C)cc1. The van der Waals surface area contributed by atoms with E-state index in [0.29, 0.717) is 23.5 Å². The minimum absolute atomic E-state index is 0.150. The van der Waals surface area contributed by atoms with E-state index < -0.39 is 17.8 Å². The number of fused-ring (bicyclic) bond motifs is 4. The van der Waals surface area contributed by atoms with Crippen molar-refractivity contribution in [2.24, 2.45) is 5.92 Å². The maximum atomic E-state index is 14.5. The number of carbonyl (C=O) groups is 2. The van der Waals surface area contributed by atoms with Gasteiger partial charge in [-0.2, -0.15) is 0 Å². The van der Waals surface area contributed by atoms with E-state index in [2.05, 4.69) is 34.6 Å². The molecule has 0 amide bonds. The van der Waals surface area contributed by atoms with Crippen LogP contribution in [0.1, 0.15) is 40.5 Å². The summed E-state index contributed by atoms with van der Waals surface area (Å²) in [5, 5.41) is 4.56. The summed E-state index contributed by atoms with van der Waals surface area (Å²) in [4.78, 5) is 32.3. The highest BCUT2D eigenvalue weighted by atomic mass is 16.7. The number of nitrogens with zero attached hydrogens (tertiary/aromatic N) is 1. The van der Waals surface area contributed by atoms with Gasteiger partial charge in [0, 0.05) is 40.4 Å². The average molecular weight is 519 g/mol. The molecule has 3 aliphatic rings. The second kappa shape index (κ2) is 8.98. The molecule has 0 bridgehead atoms. The second-order valence-electron chi connectivity index (χ2n) is 10.2. The molecule has 3 atom stereocenters. The Balaban J connectivity index is 1.44. The maximum Gasteiger partial charge on any atom is 0.317 e. The zero-order valence-corrected chi connectivity index (χ0v) is 21.6. The predicted octanol–water partition coefficient (Wildman–Crippen LogP) is 5.63. The van der Waals surface area contributed by atoms with Crippen molar-refractivity contribution in [1.29, 1.82) is 0 Å². The number of ether oxygens (including phenoxy) is 3. The van der Waals surface area contributed by atoms with Gasteiger partial charge in [0.25, 0.3) is 0 Å². The maximum absolute atomic E-state index is 14.5. The van der Waals surface area contributed by atoms with Crippen LogP contribution in [0.4, 0.5) is 5.69 Å². The number of allylic oxidation sites excluding steroid dienone is 2. The van der Waals surface area contributed by atoms with Crippen molar-refractivity contribution >= 4 is 28.3 Å². The number of hydrogen-bond donors (Lipinski definition) is 1. The molecule has 3 aromatic carbocycles. The van der Waals surface area contributed by atoms with E-state index in [4.69, 9.17) is 14.2 Å². The van der Waals surface area contributed by atoms with Crippen molar-refractivity contribution in [3.05, 3.63) is 106 Å². The van der Waals surface area contributed by atoms with Crippen LogP contribution < -0.4 is 14.8 Å². The molecule has 0 saturated carbocycles. The number of esters is 1. The molecular weight excluding hydrogens is 492 g/mol. The van der Waals surface area contributed by atoms with Gasteiger partial charge in [-0.3, -0.25) is 14.6 Å². The molecule has 1 aromatic heterocycles. The summed E-state index contributed by atoms with van der Waals surface area (Å²) >= 11 is 0. The van der Waals surface area contributed by atoms with Crippen LogP contribution in [-0.4, -0.2) is 30.6 Å². The van der Waals surface area contributed by atoms with Crippen LogP contribution in [0.2, 0.25) is 0 Å². The first-order chi connectivity index (χ1) is 19.0. The second-order valence-corrected chi connectivity index (χ2v) is 10.2. The van der Waals surface area contributed by atoms with Crippen molar-refractivity contribution in [3.63, 3.8) is 0 Å². The summed E-state index contributed by atoms with van der Waals surface area (Å²) in [6, 6.07) is 21.8. The molecule has 0 radical (unpaired) electrons. The fourth-order valence-electron chi connectivity index (χ4n) is 6.23. The first-order valence-corrected chi connectivity index (χ1v) is 13.0. The quantitative estimate of drug-likeness (QED) is 0.278. The summed E-state index contributed by atoms with van der Waals surface area (Å²) in [6.07, 6.45) is 2.24. The molecule has 0 fully saturated rings. The molecule has 4 aromatic rings.